The average Bonchev–Trinajstić information content (AvgIpc) is 2.51. The molecule has 2 rings (SSSR count). The van der Waals surface area contributed by atoms with Crippen LogP contribution in [-0.4, -0.2) is 31.1 Å². The summed E-state index contributed by atoms with van der Waals surface area (Å²) in [5, 5.41) is 5.68. The number of fused-ring (bicyclic) bond motifs is 1. The van der Waals surface area contributed by atoms with Crippen molar-refractivity contribution < 1.29 is 19.1 Å². The van der Waals surface area contributed by atoms with Gasteiger partial charge in [-0.05, 0) is 37.5 Å². The normalized spacial score (nSPS) is 16.1. The van der Waals surface area contributed by atoms with Crippen LogP contribution in [0, 0.1) is 5.92 Å². The number of hydrogen-bond donors (Lipinski definition) is 2. The van der Waals surface area contributed by atoms with Gasteiger partial charge in [-0.2, -0.15) is 0 Å². The third-order valence-electron chi connectivity index (χ3n) is 3.54. The van der Waals surface area contributed by atoms with E-state index in [-0.39, 0.29) is 24.5 Å². The molecule has 1 aliphatic heterocycles. The summed E-state index contributed by atoms with van der Waals surface area (Å²) in [7, 11) is 0. The number of anilines is 1. The van der Waals surface area contributed by atoms with Crippen molar-refractivity contribution in [1.82, 2.24) is 5.32 Å². The van der Waals surface area contributed by atoms with Crippen LogP contribution in [0.2, 0.25) is 0 Å². The molecule has 0 radical (unpaired) electrons. The monoisotopic (exact) mass is 320 g/mol. The van der Waals surface area contributed by atoms with E-state index in [0.29, 0.717) is 24.0 Å². The van der Waals surface area contributed by atoms with Crippen LogP contribution in [0.3, 0.4) is 0 Å². The van der Waals surface area contributed by atoms with Crippen molar-refractivity contribution in [2.24, 2.45) is 5.92 Å². The molecule has 0 aliphatic carbocycles. The second kappa shape index (κ2) is 7.46. The lowest BCUT2D eigenvalue weighted by molar-refractivity contribution is -0.133. The van der Waals surface area contributed by atoms with E-state index in [1.54, 1.807) is 13.0 Å². The van der Waals surface area contributed by atoms with Gasteiger partial charge in [-0.1, -0.05) is 19.9 Å². The van der Waals surface area contributed by atoms with Gasteiger partial charge >= 0.3 is 0 Å². The van der Waals surface area contributed by atoms with Gasteiger partial charge in [0.1, 0.15) is 11.9 Å². The average molecular weight is 320 g/mol. The number of carbonyl (C=O) groups is 2. The molecular weight excluding hydrogens is 296 g/mol. The Bertz CT molecular complexity index is 586. The van der Waals surface area contributed by atoms with Crippen molar-refractivity contribution in [3.8, 4) is 5.75 Å². The van der Waals surface area contributed by atoms with Crippen LogP contribution in [0.4, 0.5) is 5.69 Å². The zero-order chi connectivity index (χ0) is 17.0. The summed E-state index contributed by atoms with van der Waals surface area (Å²) in [6.07, 6.45) is -0.500. The van der Waals surface area contributed by atoms with E-state index in [1.807, 2.05) is 32.9 Å². The molecular formula is C17H24N2O4. The standard InChI is InChI=1S/C17H24N2O4/c1-10(2)8-22-12(4)17(21)18-11(3)13-5-6-15-14(7-13)19-16(20)9-23-15/h5-7,10-12H,8-9H2,1-4H3,(H,18,21)(H,19,20). The first-order valence-corrected chi connectivity index (χ1v) is 7.85. The molecule has 2 N–H and O–H groups in total. The molecule has 126 valence electrons. The molecule has 0 fully saturated rings. The van der Waals surface area contributed by atoms with Crippen molar-refractivity contribution in [2.75, 3.05) is 18.5 Å². The SMILES string of the molecule is CC(C)COC(C)C(=O)NC(C)c1ccc2c(c1)NC(=O)CO2. The van der Waals surface area contributed by atoms with Crippen molar-refractivity contribution in [3.63, 3.8) is 0 Å². The first-order valence-electron chi connectivity index (χ1n) is 7.85. The zero-order valence-corrected chi connectivity index (χ0v) is 14.0. The first-order chi connectivity index (χ1) is 10.9. The summed E-state index contributed by atoms with van der Waals surface area (Å²) < 4.78 is 10.8. The Kier molecular flexibility index (Phi) is 5.60. The molecule has 6 heteroatoms. The van der Waals surface area contributed by atoms with Crippen LogP contribution >= 0.6 is 0 Å². The second-order valence-corrected chi connectivity index (χ2v) is 6.19. The maximum absolute atomic E-state index is 12.1. The van der Waals surface area contributed by atoms with E-state index in [0.717, 1.165) is 5.56 Å². The Morgan fingerprint density at radius 2 is 2.09 bits per heavy atom. The number of benzene rings is 1. The van der Waals surface area contributed by atoms with Crippen molar-refractivity contribution in [1.29, 1.82) is 0 Å². The van der Waals surface area contributed by atoms with Crippen LogP contribution in [-0.2, 0) is 14.3 Å². The summed E-state index contributed by atoms with van der Waals surface area (Å²) in [5.74, 6) is 0.686. The van der Waals surface area contributed by atoms with E-state index >= 15 is 0 Å². The molecule has 1 heterocycles. The van der Waals surface area contributed by atoms with Gasteiger partial charge in [0.25, 0.3) is 5.91 Å². The van der Waals surface area contributed by atoms with E-state index in [9.17, 15) is 9.59 Å². The lowest BCUT2D eigenvalue weighted by Gasteiger charge is -2.22. The predicted molar refractivity (Wildman–Crippen MR) is 87.4 cm³/mol. The largest absolute Gasteiger partial charge is 0.482 e. The molecule has 0 saturated heterocycles. The molecule has 2 unspecified atom stereocenters. The number of ether oxygens (including phenoxy) is 2. The Hall–Kier alpha value is -2.08. The highest BCUT2D eigenvalue weighted by molar-refractivity contribution is 5.95. The first kappa shape index (κ1) is 17.3. The number of nitrogens with one attached hydrogen (secondary N) is 2. The van der Waals surface area contributed by atoms with Crippen LogP contribution in [0.25, 0.3) is 0 Å². The third-order valence-corrected chi connectivity index (χ3v) is 3.54. The number of carbonyl (C=O) groups excluding carboxylic acids is 2. The third kappa shape index (κ3) is 4.69. The topological polar surface area (TPSA) is 76.7 Å². The highest BCUT2D eigenvalue weighted by Gasteiger charge is 2.20. The molecule has 0 spiro atoms. The minimum atomic E-state index is -0.500. The maximum Gasteiger partial charge on any atom is 0.262 e. The zero-order valence-electron chi connectivity index (χ0n) is 14.0. The fraction of sp³-hybridized carbons (Fsp3) is 0.529. The Balaban J connectivity index is 1.97. The van der Waals surface area contributed by atoms with Gasteiger partial charge in [0.05, 0.1) is 11.7 Å². The fourth-order valence-corrected chi connectivity index (χ4v) is 2.20. The lowest BCUT2D eigenvalue weighted by Crippen LogP contribution is -2.36. The van der Waals surface area contributed by atoms with Gasteiger partial charge < -0.3 is 20.1 Å². The Morgan fingerprint density at radius 3 is 2.78 bits per heavy atom. The predicted octanol–water partition coefficient (Wildman–Crippen LogP) is 2.26. The molecule has 2 atom stereocenters. The van der Waals surface area contributed by atoms with Crippen molar-refractivity contribution >= 4 is 17.5 Å². The highest BCUT2D eigenvalue weighted by Crippen LogP contribution is 2.30. The smallest absolute Gasteiger partial charge is 0.262 e. The van der Waals surface area contributed by atoms with E-state index in [2.05, 4.69) is 10.6 Å². The highest BCUT2D eigenvalue weighted by atomic mass is 16.5. The second-order valence-electron chi connectivity index (χ2n) is 6.19. The molecule has 23 heavy (non-hydrogen) atoms. The minimum Gasteiger partial charge on any atom is -0.482 e. The van der Waals surface area contributed by atoms with E-state index < -0.39 is 6.10 Å². The van der Waals surface area contributed by atoms with Crippen LogP contribution < -0.4 is 15.4 Å². The molecule has 1 aliphatic rings. The molecule has 0 aromatic heterocycles. The molecule has 0 saturated carbocycles. The Labute approximate surface area is 136 Å². The number of rotatable bonds is 6. The van der Waals surface area contributed by atoms with Crippen LogP contribution in [0.15, 0.2) is 18.2 Å². The van der Waals surface area contributed by atoms with E-state index in [4.69, 9.17) is 9.47 Å². The quantitative estimate of drug-likeness (QED) is 0.843. The molecule has 2 amide bonds. The minimum absolute atomic E-state index is 0.0311. The maximum atomic E-state index is 12.1. The van der Waals surface area contributed by atoms with Gasteiger partial charge in [0, 0.05) is 6.61 Å². The summed E-state index contributed by atoms with van der Waals surface area (Å²) in [6.45, 7) is 8.29. The summed E-state index contributed by atoms with van der Waals surface area (Å²) in [6, 6.07) is 5.29. The number of hydrogen-bond acceptors (Lipinski definition) is 4. The van der Waals surface area contributed by atoms with Gasteiger partial charge in [0.2, 0.25) is 5.91 Å². The molecule has 1 aromatic rings. The van der Waals surface area contributed by atoms with Crippen LogP contribution in [0.5, 0.6) is 5.75 Å². The summed E-state index contributed by atoms with van der Waals surface area (Å²) >= 11 is 0. The van der Waals surface area contributed by atoms with E-state index in [1.165, 1.54) is 0 Å². The van der Waals surface area contributed by atoms with Gasteiger partial charge in [-0.15, -0.1) is 0 Å². The number of amides is 2. The molecule has 0 bridgehead atoms. The molecule has 6 nitrogen and oxygen atoms in total. The molecule has 1 aromatic carbocycles. The summed E-state index contributed by atoms with van der Waals surface area (Å²) in [5.41, 5.74) is 1.52. The lowest BCUT2D eigenvalue weighted by atomic mass is 10.1. The van der Waals surface area contributed by atoms with Crippen molar-refractivity contribution in [2.45, 2.75) is 39.8 Å². The van der Waals surface area contributed by atoms with Crippen LogP contribution in [0.1, 0.15) is 39.3 Å². The van der Waals surface area contributed by atoms with Gasteiger partial charge in [0.15, 0.2) is 6.61 Å². The van der Waals surface area contributed by atoms with Crippen molar-refractivity contribution in [3.05, 3.63) is 23.8 Å². The van der Waals surface area contributed by atoms with Gasteiger partial charge in [-0.25, -0.2) is 0 Å². The van der Waals surface area contributed by atoms with Gasteiger partial charge in [-0.3, -0.25) is 9.59 Å². The fourth-order valence-electron chi connectivity index (χ4n) is 2.20. The Morgan fingerprint density at radius 1 is 1.35 bits per heavy atom. The summed E-state index contributed by atoms with van der Waals surface area (Å²) in [4.78, 5) is 23.5.